The number of amides is 3. The molecular formula is C27H30N6O4. The molecule has 0 unspecified atom stereocenters. The molecule has 0 bridgehead atoms. The van der Waals surface area contributed by atoms with Gasteiger partial charge >= 0.3 is 0 Å². The Kier molecular flexibility index (Phi) is 8.77. The Hall–Kier alpha value is -4.31. The maximum Gasteiger partial charge on any atom is 0.270 e. The highest BCUT2D eigenvalue weighted by molar-refractivity contribution is 5.97. The van der Waals surface area contributed by atoms with Gasteiger partial charge in [0.2, 0.25) is 0 Å². The van der Waals surface area contributed by atoms with Crippen molar-refractivity contribution in [2.24, 2.45) is 0 Å². The van der Waals surface area contributed by atoms with Crippen LogP contribution in [0.5, 0.6) is 5.75 Å². The van der Waals surface area contributed by atoms with Crippen molar-refractivity contribution in [1.82, 2.24) is 31.2 Å². The third-order valence-corrected chi connectivity index (χ3v) is 6.06. The van der Waals surface area contributed by atoms with Crippen LogP contribution in [0.3, 0.4) is 0 Å². The molecule has 1 aromatic heterocycles. The van der Waals surface area contributed by atoms with Crippen molar-refractivity contribution in [2.75, 3.05) is 20.2 Å². The first-order chi connectivity index (χ1) is 18.0. The minimum atomic E-state index is -0.433. The first kappa shape index (κ1) is 25.8. The molecule has 10 heteroatoms. The van der Waals surface area contributed by atoms with Crippen LogP contribution in [0.15, 0.2) is 60.9 Å². The molecule has 1 saturated heterocycles. The normalized spacial score (nSPS) is 13.4. The van der Waals surface area contributed by atoms with E-state index in [1.54, 1.807) is 31.4 Å². The first-order valence-corrected chi connectivity index (χ1v) is 12.1. The molecule has 0 spiro atoms. The maximum atomic E-state index is 12.6. The summed E-state index contributed by atoms with van der Waals surface area (Å²) in [7, 11) is 1.58. The second-order valence-electron chi connectivity index (χ2n) is 8.70. The lowest BCUT2D eigenvalue weighted by Gasteiger charge is -2.23. The molecule has 0 atom stereocenters. The topological polar surface area (TPSA) is 134 Å². The number of piperidine rings is 1. The van der Waals surface area contributed by atoms with Gasteiger partial charge in [0.1, 0.15) is 23.5 Å². The van der Waals surface area contributed by atoms with Gasteiger partial charge in [-0.25, -0.2) is 9.97 Å². The molecule has 3 amide bonds. The number of rotatable bonds is 9. The molecular weight excluding hydrogens is 472 g/mol. The number of carbonyl (C=O) groups is 3. The second kappa shape index (κ2) is 12.6. The molecule has 10 nitrogen and oxygen atoms in total. The summed E-state index contributed by atoms with van der Waals surface area (Å²) < 4.78 is 5.19. The third kappa shape index (κ3) is 7.34. The molecule has 1 aliphatic heterocycles. The van der Waals surface area contributed by atoms with Crippen LogP contribution < -0.4 is 26.0 Å². The number of hydrogen-bond donors (Lipinski definition) is 4. The van der Waals surface area contributed by atoms with Crippen molar-refractivity contribution >= 4 is 17.7 Å². The van der Waals surface area contributed by atoms with E-state index in [9.17, 15) is 14.4 Å². The summed E-state index contributed by atoms with van der Waals surface area (Å²) >= 11 is 0. The second-order valence-corrected chi connectivity index (χ2v) is 8.70. The third-order valence-electron chi connectivity index (χ3n) is 6.06. The molecule has 2 heterocycles. The van der Waals surface area contributed by atoms with E-state index in [0.717, 1.165) is 37.1 Å². The molecule has 0 aliphatic carbocycles. The average Bonchev–Trinajstić information content (AvgIpc) is 2.95. The van der Waals surface area contributed by atoms with Crippen LogP contribution in [0.2, 0.25) is 0 Å². The van der Waals surface area contributed by atoms with E-state index in [2.05, 4.69) is 31.2 Å². The molecule has 3 aromatic rings. The molecule has 37 heavy (non-hydrogen) atoms. The highest BCUT2D eigenvalue weighted by atomic mass is 16.5. The Morgan fingerprint density at radius 3 is 2.16 bits per heavy atom. The Bertz CT molecular complexity index is 1240. The Labute approximate surface area is 215 Å². The van der Waals surface area contributed by atoms with Gasteiger partial charge in [0.25, 0.3) is 17.7 Å². The minimum Gasteiger partial charge on any atom is -0.497 e. The summed E-state index contributed by atoms with van der Waals surface area (Å²) in [5, 5.41) is 11.9. The van der Waals surface area contributed by atoms with Gasteiger partial charge in [0, 0.05) is 30.8 Å². The van der Waals surface area contributed by atoms with Crippen LogP contribution in [0.25, 0.3) is 0 Å². The quantitative estimate of drug-likeness (QED) is 0.351. The average molecular weight is 503 g/mol. The predicted molar refractivity (Wildman–Crippen MR) is 137 cm³/mol. The van der Waals surface area contributed by atoms with Crippen LogP contribution >= 0.6 is 0 Å². The highest BCUT2D eigenvalue weighted by Gasteiger charge is 2.17. The van der Waals surface area contributed by atoms with Gasteiger partial charge in [-0.15, -0.1) is 0 Å². The Morgan fingerprint density at radius 2 is 1.51 bits per heavy atom. The zero-order valence-corrected chi connectivity index (χ0v) is 20.6. The molecule has 0 saturated carbocycles. The molecule has 1 aliphatic rings. The lowest BCUT2D eigenvalue weighted by molar-refractivity contribution is 0.0922. The molecule has 4 N–H and O–H groups in total. The van der Waals surface area contributed by atoms with Crippen molar-refractivity contribution in [3.05, 3.63) is 89.0 Å². The molecule has 192 valence electrons. The van der Waals surface area contributed by atoms with E-state index >= 15 is 0 Å². The Morgan fingerprint density at radius 1 is 0.865 bits per heavy atom. The van der Waals surface area contributed by atoms with Crippen LogP contribution in [0.4, 0.5) is 0 Å². The van der Waals surface area contributed by atoms with Gasteiger partial charge in [-0.05, 0) is 61.3 Å². The fourth-order valence-electron chi connectivity index (χ4n) is 3.94. The van der Waals surface area contributed by atoms with E-state index in [0.29, 0.717) is 11.3 Å². The van der Waals surface area contributed by atoms with Crippen molar-refractivity contribution in [3.63, 3.8) is 0 Å². The van der Waals surface area contributed by atoms with E-state index in [1.807, 2.05) is 24.3 Å². The number of benzene rings is 2. The summed E-state index contributed by atoms with van der Waals surface area (Å²) in [5.41, 5.74) is 2.45. The monoisotopic (exact) mass is 502 g/mol. The summed E-state index contributed by atoms with van der Waals surface area (Å²) in [5.74, 6) is -0.252. The van der Waals surface area contributed by atoms with Gasteiger partial charge < -0.3 is 26.0 Å². The van der Waals surface area contributed by atoms with Crippen LogP contribution in [-0.4, -0.2) is 53.9 Å². The van der Waals surface area contributed by atoms with Crippen molar-refractivity contribution < 1.29 is 19.1 Å². The fraction of sp³-hybridized carbons (Fsp3) is 0.296. The number of ether oxygens (including phenoxy) is 1. The van der Waals surface area contributed by atoms with Crippen molar-refractivity contribution in [3.8, 4) is 5.75 Å². The number of hydrogen-bond acceptors (Lipinski definition) is 7. The van der Waals surface area contributed by atoms with Gasteiger partial charge in [0.15, 0.2) is 0 Å². The number of carbonyl (C=O) groups excluding carboxylic acids is 3. The SMILES string of the molecule is COc1cccc(CNC(=O)c2cc(C(=O)NCc3ccc(C(=O)NC4CCNCC4)cc3)ncn2)c1. The Balaban J connectivity index is 1.28. The number of methoxy groups -OCH3 is 1. The van der Waals surface area contributed by atoms with Crippen LogP contribution in [0.1, 0.15) is 55.3 Å². The smallest absolute Gasteiger partial charge is 0.270 e. The summed E-state index contributed by atoms with van der Waals surface area (Å²) in [4.78, 5) is 45.6. The van der Waals surface area contributed by atoms with Gasteiger partial charge in [-0.2, -0.15) is 0 Å². The first-order valence-electron chi connectivity index (χ1n) is 12.1. The largest absolute Gasteiger partial charge is 0.497 e. The number of aromatic nitrogens is 2. The molecule has 0 radical (unpaired) electrons. The zero-order chi connectivity index (χ0) is 26.0. The predicted octanol–water partition coefficient (Wildman–Crippen LogP) is 1.83. The standard InChI is InChI=1S/C27H30N6O4/c1-37-22-4-2-3-19(13-22)16-30-27(36)24-14-23(31-17-32-24)26(35)29-15-18-5-7-20(8-6-18)25(34)33-21-9-11-28-12-10-21/h2-8,13-14,17,21,28H,9-12,15-16H2,1H3,(H,29,35)(H,30,36)(H,33,34). The van der Waals surface area contributed by atoms with Gasteiger partial charge in [-0.1, -0.05) is 24.3 Å². The number of nitrogens with zero attached hydrogens (tertiary/aromatic N) is 2. The van der Waals surface area contributed by atoms with E-state index in [4.69, 9.17) is 4.74 Å². The van der Waals surface area contributed by atoms with Gasteiger partial charge in [0.05, 0.1) is 7.11 Å². The summed E-state index contributed by atoms with van der Waals surface area (Å²) in [6.45, 7) is 2.35. The summed E-state index contributed by atoms with van der Waals surface area (Å²) in [6.07, 6.45) is 3.03. The molecule has 1 fully saturated rings. The lowest BCUT2D eigenvalue weighted by atomic mass is 10.1. The fourth-order valence-corrected chi connectivity index (χ4v) is 3.94. The lowest BCUT2D eigenvalue weighted by Crippen LogP contribution is -2.42. The van der Waals surface area contributed by atoms with Crippen molar-refractivity contribution in [1.29, 1.82) is 0 Å². The van der Waals surface area contributed by atoms with Crippen molar-refractivity contribution in [2.45, 2.75) is 32.0 Å². The number of nitrogens with one attached hydrogen (secondary N) is 4. The molecule has 2 aromatic carbocycles. The maximum absolute atomic E-state index is 12.6. The molecule has 4 rings (SSSR count). The van der Waals surface area contributed by atoms with E-state index < -0.39 is 11.8 Å². The van der Waals surface area contributed by atoms with Crippen LogP contribution in [0, 0.1) is 0 Å². The van der Waals surface area contributed by atoms with E-state index in [1.165, 1.54) is 12.4 Å². The van der Waals surface area contributed by atoms with Gasteiger partial charge in [-0.3, -0.25) is 14.4 Å². The highest BCUT2D eigenvalue weighted by Crippen LogP contribution is 2.12. The minimum absolute atomic E-state index is 0.0829. The van der Waals surface area contributed by atoms with Crippen LogP contribution in [-0.2, 0) is 13.1 Å². The van der Waals surface area contributed by atoms with E-state index in [-0.39, 0.29) is 36.4 Å². The summed E-state index contributed by atoms with van der Waals surface area (Å²) in [6, 6.07) is 16.0. The zero-order valence-electron chi connectivity index (χ0n) is 20.6.